The minimum Gasteiger partial charge on any atom is -0.457 e. The number of nitrogens with zero attached hydrogens (tertiary/aromatic N) is 2. The van der Waals surface area contributed by atoms with Gasteiger partial charge in [0, 0.05) is 23.0 Å². The van der Waals surface area contributed by atoms with Crippen LogP contribution >= 0.6 is 11.8 Å². The lowest BCUT2D eigenvalue weighted by Gasteiger charge is -2.13. The minimum absolute atomic E-state index is 0.000110. The molecule has 3 aromatic rings. The lowest BCUT2D eigenvalue weighted by atomic mass is 10.2. The van der Waals surface area contributed by atoms with E-state index in [4.69, 9.17) is 9.84 Å². The molecule has 1 aromatic heterocycles. The second-order valence-electron chi connectivity index (χ2n) is 6.73. The fourth-order valence-electron chi connectivity index (χ4n) is 2.87. The Balaban J connectivity index is 1.62. The van der Waals surface area contributed by atoms with Crippen molar-refractivity contribution in [1.29, 1.82) is 0 Å². The number of anilines is 1. The average Bonchev–Trinajstić information content (AvgIpc) is 3.26. The molecule has 0 spiro atoms. The number of thioether (sulfide) groups is 1. The molecule has 2 heterocycles. The van der Waals surface area contributed by atoms with Gasteiger partial charge < -0.3 is 10.1 Å². The first kappa shape index (κ1) is 17.7. The highest BCUT2D eigenvalue weighted by Gasteiger charge is 2.25. The summed E-state index contributed by atoms with van der Waals surface area (Å²) < 4.78 is 7.68. The molecule has 0 unspecified atom stereocenters. The number of carbonyl (C=O) groups is 1. The molecule has 0 bridgehead atoms. The van der Waals surface area contributed by atoms with Gasteiger partial charge in [-0.15, -0.1) is 0 Å². The zero-order valence-corrected chi connectivity index (χ0v) is 16.1. The molecule has 0 fully saturated rings. The molecule has 5 nitrogen and oxygen atoms in total. The van der Waals surface area contributed by atoms with Gasteiger partial charge in [-0.3, -0.25) is 4.79 Å². The zero-order valence-electron chi connectivity index (χ0n) is 15.3. The maximum Gasteiger partial charge on any atom is 0.228 e. The van der Waals surface area contributed by atoms with Crippen LogP contribution in [-0.4, -0.2) is 15.7 Å². The first-order valence-corrected chi connectivity index (χ1v) is 10.1. The van der Waals surface area contributed by atoms with E-state index >= 15 is 0 Å². The Hall–Kier alpha value is -2.73. The molecule has 0 radical (unpaired) electrons. The van der Waals surface area contributed by atoms with Gasteiger partial charge in [-0.25, -0.2) is 4.68 Å². The van der Waals surface area contributed by atoms with Gasteiger partial charge in [0.15, 0.2) is 0 Å². The van der Waals surface area contributed by atoms with Crippen molar-refractivity contribution >= 4 is 23.5 Å². The number of fused-ring (bicyclic) bond motifs is 1. The summed E-state index contributed by atoms with van der Waals surface area (Å²) in [4.78, 5) is 12.3. The van der Waals surface area contributed by atoms with Crippen LogP contribution in [0.1, 0.15) is 25.1 Å². The molecule has 0 saturated carbocycles. The van der Waals surface area contributed by atoms with Crippen LogP contribution in [0.15, 0.2) is 54.6 Å². The number of aromatic nitrogens is 2. The van der Waals surface area contributed by atoms with Crippen LogP contribution in [0.5, 0.6) is 11.5 Å². The van der Waals surface area contributed by atoms with Gasteiger partial charge in [-0.1, -0.05) is 32.0 Å². The fraction of sp³-hybridized carbons (Fsp3) is 0.238. The normalized spacial score (nSPS) is 12.9. The number of hydrogen-bond donors (Lipinski definition) is 1. The number of ether oxygens (including phenoxy) is 1. The Bertz CT molecular complexity index is 950. The molecule has 0 atom stereocenters. The van der Waals surface area contributed by atoms with Crippen LogP contribution in [0.25, 0.3) is 5.69 Å². The molecule has 1 aliphatic heterocycles. The molecule has 27 heavy (non-hydrogen) atoms. The molecule has 6 heteroatoms. The van der Waals surface area contributed by atoms with E-state index in [1.165, 1.54) is 0 Å². The van der Waals surface area contributed by atoms with Crippen LogP contribution in [0, 0.1) is 5.92 Å². The smallest absolute Gasteiger partial charge is 0.228 e. The van der Waals surface area contributed by atoms with Gasteiger partial charge in [0.05, 0.1) is 11.4 Å². The Morgan fingerprint density at radius 2 is 1.78 bits per heavy atom. The number of benzene rings is 2. The van der Waals surface area contributed by atoms with Crippen LogP contribution in [-0.2, 0) is 16.3 Å². The largest absolute Gasteiger partial charge is 0.457 e. The number of rotatable bonds is 5. The van der Waals surface area contributed by atoms with E-state index in [9.17, 15) is 4.79 Å². The maximum absolute atomic E-state index is 12.3. The van der Waals surface area contributed by atoms with Gasteiger partial charge in [-0.2, -0.15) is 16.9 Å². The molecule has 1 amide bonds. The lowest BCUT2D eigenvalue weighted by Crippen LogP contribution is -2.20. The summed E-state index contributed by atoms with van der Waals surface area (Å²) >= 11 is 1.82. The molecule has 2 aromatic carbocycles. The van der Waals surface area contributed by atoms with E-state index in [1.54, 1.807) is 0 Å². The summed E-state index contributed by atoms with van der Waals surface area (Å²) in [5, 5.41) is 7.79. The summed E-state index contributed by atoms with van der Waals surface area (Å²) in [7, 11) is 0. The van der Waals surface area contributed by atoms with Gasteiger partial charge >= 0.3 is 0 Å². The van der Waals surface area contributed by atoms with E-state index in [-0.39, 0.29) is 11.8 Å². The van der Waals surface area contributed by atoms with Crippen LogP contribution in [0.2, 0.25) is 0 Å². The van der Waals surface area contributed by atoms with Crippen molar-refractivity contribution in [3.63, 3.8) is 0 Å². The van der Waals surface area contributed by atoms with Crippen molar-refractivity contribution in [2.75, 3.05) is 5.32 Å². The van der Waals surface area contributed by atoms with E-state index in [0.717, 1.165) is 45.8 Å². The molecule has 0 saturated heterocycles. The first-order chi connectivity index (χ1) is 13.1. The number of nitrogens with one attached hydrogen (secondary N) is 1. The SMILES string of the molecule is CC(C)C(=O)Nc1c2c(nn1-c1ccc(Oc3ccccc3)cc1)CSC2. The Morgan fingerprint density at radius 1 is 1.07 bits per heavy atom. The second kappa shape index (κ2) is 7.48. The van der Waals surface area contributed by atoms with Crippen molar-refractivity contribution in [3.05, 3.63) is 65.9 Å². The van der Waals surface area contributed by atoms with Crippen molar-refractivity contribution < 1.29 is 9.53 Å². The van der Waals surface area contributed by atoms with E-state index < -0.39 is 0 Å². The highest BCUT2D eigenvalue weighted by atomic mass is 32.2. The summed E-state index contributed by atoms with van der Waals surface area (Å²) in [5.41, 5.74) is 3.07. The Labute approximate surface area is 162 Å². The summed E-state index contributed by atoms with van der Waals surface area (Å²) in [5.74, 6) is 4.00. The molecule has 1 aliphatic rings. The Kier molecular flexibility index (Phi) is 4.90. The average molecular weight is 379 g/mol. The summed E-state index contributed by atoms with van der Waals surface area (Å²) in [6.45, 7) is 3.78. The van der Waals surface area contributed by atoms with Crippen molar-refractivity contribution in [2.45, 2.75) is 25.4 Å². The summed E-state index contributed by atoms with van der Waals surface area (Å²) in [6, 6.07) is 17.4. The van der Waals surface area contributed by atoms with Gasteiger partial charge in [0.2, 0.25) is 5.91 Å². The molecule has 4 rings (SSSR count). The number of hydrogen-bond acceptors (Lipinski definition) is 4. The minimum atomic E-state index is -0.0836. The molecular weight excluding hydrogens is 358 g/mol. The quantitative estimate of drug-likeness (QED) is 0.677. The topological polar surface area (TPSA) is 56.2 Å². The number of amides is 1. The van der Waals surface area contributed by atoms with E-state index in [0.29, 0.717) is 0 Å². The van der Waals surface area contributed by atoms with Gasteiger partial charge in [0.25, 0.3) is 0 Å². The van der Waals surface area contributed by atoms with Crippen molar-refractivity contribution in [1.82, 2.24) is 9.78 Å². The monoisotopic (exact) mass is 379 g/mol. The molecule has 0 aliphatic carbocycles. The predicted octanol–water partition coefficient (Wildman–Crippen LogP) is 5.01. The second-order valence-corrected chi connectivity index (χ2v) is 7.72. The zero-order chi connectivity index (χ0) is 18.8. The van der Waals surface area contributed by atoms with Crippen LogP contribution < -0.4 is 10.1 Å². The highest BCUT2D eigenvalue weighted by molar-refractivity contribution is 7.98. The van der Waals surface area contributed by atoms with Gasteiger partial charge in [0.1, 0.15) is 17.3 Å². The highest BCUT2D eigenvalue weighted by Crippen LogP contribution is 2.36. The fourth-order valence-corrected chi connectivity index (χ4v) is 3.90. The first-order valence-electron chi connectivity index (χ1n) is 8.94. The third-order valence-corrected chi connectivity index (χ3v) is 5.35. The van der Waals surface area contributed by atoms with E-state index in [2.05, 4.69) is 5.32 Å². The van der Waals surface area contributed by atoms with Crippen LogP contribution in [0.3, 0.4) is 0 Å². The molecule has 1 N–H and O–H groups in total. The third-order valence-electron chi connectivity index (χ3n) is 4.38. The maximum atomic E-state index is 12.3. The van der Waals surface area contributed by atoms with Crippen molar-refractivity contribution in [2.24, 2.45) is 5.92 Å². The summed E-state index contributed by atoms with van der Waals surface area (Å²) in [6.07, 6.45) is 0. The predicted molar refractivity (Wildman–Crippen MR) is 109 cm³/mol. The standard InChI is InChI=1S/C21H21N3O2S/c1-14(2)21(25)22-20-18-12-27-13-19(18)23-24(20)15-8-10-17(11-9-15)26-16-6-4-3-5-7-16/h3-11,14H,12-13H2,1-2H3,(H,22,25). The number of carbonyl (C=O) groups excluding carboxylic acids is 1. The van der Waals surface area contributed by atoms with Crippen LogP contribution in [0.4, 0.5) is 5.82 Å². The number of para-hydroxylation sites is 1. The van der Waals surface area contributed by atoms with Crippen molar-refractivity contribution in [3.8, 4) is 17.2 Å². The van der Waals surface area contributed by atoms with E-state index in [1.807, 2.05) is 84.9 Å². The Morgan fingerprint density at radius 3 is 2.48 bits per heavy atom. The third kappa shape index (κ3) is 3.71. The van der Waals surface area contributed by atoms with Gasteiger partial charge in [-0.05, 0) is 36.4 Å². The molecular formula is C21H21N3O2S. The molecule has 138 valence electrons. The lowest BCUT2D eigenvalue weighted by molar-refractivity contribution is -0.118.